The lowest BCUT2D eigenvalue weighted by Gasteiger charge is -2.35. The van der Waals surface area contributed by atoms with Gasteiger partial charge in [0.2, 0.25) is 5.91 Å². The first-order chi connectivity index (χ1) is 6.53. The van der Waals surface area contributed by atoms with Crippen molar-refractivity contribution in [3.05, 3.63) is 0 Å². The molecule has 82 valence electrons. The normalized spacial score (nSPS) is 29.9. The average molecular weight is 200 g/mol. The second-order valence-corrected chi connectivity index (χ2v) is 4.40. The summed E-state index contributed by atoms with van der Waals surface area (Å²) in [6.07, 6.45) is 2.17. The molecule has 0 radical (unpaired) electrons. The molecule has 1 aliphatic heterocycles. The molecule has 2 unspecified atom stereocenters. The molecule has 1 rings (SSSR count). The molecule has 1 amide bonds. The smallest absolute Gasteiger partial charge is 0.221 e. The van der Waals surface area contributed by atoms with E-state index in [1.165, 1.54) is 0 Å². The van der Waals surface area contributed by atoms with E-state index < -0.39 is 0 Å². The predicted molar refractivity (Wildman–Crippen MR) is 54.8 cm³/mol. The summed E-state index contributed by atoms with van der Waals surface area (Å²) in [7, 11) is 0. The van der Waals surface area contributed by atoms with Crippen LogP contribution in [0.2, 0.25) is 0 Å². The number of primary amides is 1. The van der Waals surface area contributed by atoms with Gasteiger partial charge in [0, 0.05) is 24.6 Å². The van der Waals surface area contributed by atoms with Crippen molar-refractivity contribution >= 4 is 5.91 Å². The Kier molecular flexibility index (Phi) is 3.89. The third-order valence-corrected chi connectivity index (χ3v) is 2.76. The number of ether oxygens (including phenoxy) is 1. The summed E-state index contributed by atoms with van der Waals surface area (Å²) in [5.41, 5.74) is 5.20. The van der Waals surface area contributed by atoms with E-state index in [1.54, 1.807) is 0 Å². The molecule has 2 atom stereocenters. The van der Waals surface area contributed by atoms with Gasteiger partial charge in [-0.25, -0.2) is 0 Å². The lowest BCUT2D eigenvalue weighted by atomic mass is 9.94. The maximum absolute atomic E-state index is 10.8. The van der Waals surface area contributed by atoms with Crippen LogP contribution in [-0.2, 0) is 9.53 Å². The Morgan fingerprint density at radius 1 is 1.71 bits per heavy atom. The minimum Gasteiger partial charge on any atom is -0.380 e. The van der Waals surface area contributed by atoms with Gasteiger partial charge in [-0.15, -0.1) is 0 Å². The summed E-state index contributed by atoms with van der Waals surface area (Å²) >= 11 is 0. The summed E-state index contributed by atoms with van der Waals surface area (Å²) in [4.78, 5) is 10.8. The molecule has 14 heavy (non-hydrogen) atoms. The van der Waals surface area contributed by atoms with Crippen molar-refractivity contribution in [2.75, 3.05) is 19.8 Å². The van der Waals surface area contributed by atoms with Crippen molar-refractivity contribution in [3.8, 4) is 0 Å². The van der Waals surface area contributed by atoms with Crippen molar-refractivity contribution in [2.24, 2.45) is 11.7 Å². The number of carbonyl (C=O) groups is 1. The highest BCUT2D eigenvalue weighted by molar-refractivity contribution is 5.76. The number of amides is 1. The minimum atomic E-state index is -0.252. The second-order valence-electron chi connectivity index (χ2n) is 4.40. The molecule has 0 aromatic rings. The van der Waals surface area contributed by atoms with Gasteiger partial charge in [0.05, 0.1) is 6.61 Å². The van der Waals surface area contributed by atoms with Crippen LogP contribution in [-0.4, -0.2) is 31.2 Å². The average Bonchev–Trinajstić information content (AvgIpc) is 2.15. The van der Waals surface area contributed by atoms with E-state index in [-0.39, 0.29) is 17.4 Å². The van der Waals surface area contributed by atoms with E-state index in [0.717, 1.165) is 26.1 Å². The van der Waals surface area contributed by atoms with Crippen molar-refractivity contribution < 1.29 is 9.53 Å². The van der Waals surface area contributed by atoms with Crippen LogP contribution in [0.5, 0.6) is 0 Å². The summed E-state index contributed by atoms with van der Waals surface area (Å²) in [5.74, 6) is -0.369. The molecule has 4 nitrogen and oxygen atoms in total. The third-order valence-electron chi connectivity index (χ3n) is 2.76. The van der Waals surface area contributed by atoms with Gasteiger partial charge >= 0.3 is 0 Å². The second kappa shape index (κ2) is 4.75. The molecule has 0 bridgehead atoms. The zero-order valence-electron chi connectivity index (χ0n) is 9.01. The largest absolute Gasteiger partial charge is 0.380 e. The topological polar surface area (TPSA) is 64.3 Å². The van der Waals surface area contributed by atoms with Gasteiger partial charge in [0.1, 0.15) is 0 Å². The molecular weight excluding hydrogens is 180 g/mol. The zero-order chi connectivity index (χ0) is 10.6. The molecule has 3 N–H and O–H groups in total. The molecule has 1 saturated heterocycles. The number of hydrogen-bond acceptors (Lipinski definition) is 3. The molecule has 0 aromatic heterocycles. The van der Waals surface area contributed by atoms with Gasteiger partial charge < -0.3 is 15.8 Å². The third kappa shape index (κ3) is 3.27. The summed E-state index contributed by atoms with van der Waals surface area (Å²) < 4.78 is 5.40. The lowest BCUT2D eigenvalue weighted by molar-refractivity contribution is -0.121. The highest BCUT2D eigenvalue weighted by Gasteiger charge is 2.27. The standard InChI is InChI=1S/C10H20N2O2/c1-8(9(11)13)6-12-10(2)4-3-5-14-7-10/h8,12H,3-7H2,1-2H3,(H2,11,13). The van der Waals surface area contributed by atoms with Crippen molar-refractivity contribution in [3.63, 3.8) is 0 Å². The number of nitrogens with two attached hydrogens (primary N) is 1. The Labute approximate surface area is 85.2 Å². The zero-order valence-corrected chi connectivity index (χ0v) is 9.01. The van der Waals surface area contributed by atoms with E-state index in [1.807, 2.05) is 6.92 Å². The quantitative estimate of drug-likeness (QED) is 0.684. The van der Waals surface area contributed by atoms with Crippen LogP contribution in [0.3, 0.4) is 0 Å². The fourth-order valence-corrected chi connectivity index (χ4v) is 1.57. The van der Waals surface area contributed by atoms with Crippen LogP contribution in [0.4, 0.5) is 0 Å². The molecule has 0 saturated carbocycles. The van der Waals surface area contributed by atoms with Crippen molar-refractivity contribution in [2.45, 2.75) is 32.2 Å². The molecule has 1 fully saturated rings. The molecule has 0 aromatic carbocycles. The number of carbonyl (C=O) groups excluding carboxylic acids is 1. The molecule has 0 spiro atoms. The van der Waals surface area contributed by atoms with Gasteiger partial charge in [0.15, 0.2) is 0 Å². The van der Waals surface area contributed by atoms with E-state index in [4.69, 9.17) is 10.5 Å². The van der Waals surface area contributed by atoms with Crippen molar-refractivity contribution in [1.29, 1.82) is 0 Å². The highest BCUT2D eigenvalue weighted by atomic mass is 16.5. The molecule has 1 heterocycles. The van der Waals surface area contributed by atoms with E-state index in [2.05, 4.69) is 12.2 Å². The fraction of sp³-hybridized carbons (Fsp3) is 0.900. The first-order valence-electron chi connectivity index (χ1n) is 5.16. The molecule has 4 heteroatoms. The summed E-state index contributed by atoms with van der Waals surface area (Å²) in [6, 6.07) is 0. The molecule has 1 aliphatic rings. The predicted octanol–water partition coefficient (Wildman–Crippen LogP) is 0.267. The minimum absolute atomic E-state index is 0.0158. The highest BCUT2D eigenvalue weighted by Crippen LogP contribution is 2.18. The first kappa shape index (κ1) is 11.5. The number of nitrogens with one attached hydrogen (secondary N) is 1. The van der Waals surface area contributed by atoms with Crippen LogP contribution in [0.1, 0.15) is 26.7 Å². The fourth-order valence-electron chi connectivity index (χ4n) is 1.57. The van der Waals surface area contributed by atoms with Gasteiger partial charge in [-0.05, 0) is 19.8 Å². The van der Waals surface area contributed by atoms with Crippen LogP contribution >= 0.6 is 0 Å². The van der Waals surface area contributed by atoms with E-state index in [9.17, 15) is 4.79 Å². The van der Waals surface area contributed by atoms with Crippen LogP contribution < -0.4 is 11.1 Å². The number of hydrogen-bond donors (Lipinski definition) is 2. The maximum Gasteiger partial charge on any atom is 0.221 e. The Morgan fingerprint density at radius 2 is 2.43 bits per heavy atom. The van der Waals surface area contributed by atoms with Crippen LogP contribution in [0.15, 0.2) is 0 Å². The molecule has 0 aliphatic carbocycles. The Morgan fingerprint density at radius 3 is 2.93 bits per heavy atom. The number of rotatable bonds is 4. The van der Waals surface area contributed by atoms with Gasteiger partial charge in [-0.1, -0.05) is 6.92 Å². The SMILES string of the molecule is CC(CNC1(C)CCCOC1)C(N)=O. The van der Waals surface area contributed by atoms with Gasteiger partial charge in [0.25, 0.3) is 0 Å². The monoisotopic (exact) mass is 200 g/mol. The Balaban J connectivity index is 2.31. The molecular formula is C10H20N2O2. The van der Waals surface area contributed by atoms with Crippen LogP contribution in [0.25, 0.3) is 0 Å². The van der Waals surface area contributed by atoms with Gasteiger partial charge in [-0.2, -0.15) is 0 Å². The van der Waals surface area contributed by atoms with E-state index in [0.29, 0.717) is 6.54 Å². The van der Waals surface area contributed by atoms with E-state index >= 15 is 0 Å². The first-order valence-corrected chi connectivity index (χ1v) is 5.16. The maximum atomic E-state index is 10.8. The van der Waals surface area contributed by atoms with Crippen LogP contribution in [0, 0.1) is 5.92 Å². The van der Waals surface area contributed by atoms with Crippen molar-refractivity contribution in [1.82, 2.24) is 5.32 Å². The lowest BCUT2D eigenvalue weighted by Crippen LogP contribution is -2.51. The summed E-state index contributed by atoms with van der Waals surface area (Å²) in [5, 5.41) is 3.35. The van der Waals surface area contributed by atoms with Gasteiger partial charge in [-0.3, -0.25) is 4.79 Å². The summed E-state index contributed by atoms with van der Waals surface area (Å²) in [6.45, 7) is 6.17. The Bertz CT molecular complexity index is 200. The Hall–Kier alpha value is -0.610.